The molecule has 31 heavy (non-hydrogen) atoms. The molecule has 2 aromatic rings. The zero-order chi connectivity index (χ0) is 22.0. The number of piperazine rings is 1. The van der Waals surface area contributed by atoms with E-state index in [1.165, 1.54) is 15.5 Å². The molecule has 0 atom stereocenters. The number of carbonyl (C=O) groups is 2. The first-order valence-electron chi connectivity index (χ1n) is 9.94. The highest BCUT2D eigenvalue weighted by atomic mass is 32.2. The van der Waals surface area contributed by atoms with Crippen molar-refractivity contribution in [2.24, 2.45) is 0 Å². The molecule has 164 valence electrons. The van der Waals surface area contributed by atoms with Crippen molar-refractivity contribution in [1.82, 2.24) is 4.31 Å². The van der Waals surface area contributed by atoms with Crippen LogP contribution in [-0.2, 0) is 19.6 Å². The van der Waals surface area contributed by atoms with E-state index >= 15 is 0 Å². The lowest BCUT2D eigenvalue weighted by molar-refractivity contribution is -0.123. The summed E-state index contributed by atoms with van der Waals surface area (Å²) in [7, 11) is -3.22. The molecule has 2 aliphatic heterocycles. The van der Waals surface area contributed by atoms with Crippen molar-refractivity contribution < 1.29 is 22.7 Å². The molecule has 0 spiro atoms. The first-order chi connectivity index (χ1) is 14.8. The van der Waals surface area contributed by atoms with Crippen LogP contribution in [0.1, 0.15) is 0 Å². The summed E-state index contributed by atoms with van der Waals surface area (Å²) in [6.07, 6.45) is 1.21. The molecule has 1 N–H and O–H groups in total. The number of hydrogen-bond donors (Lipinski definition) is 1. The SMILES string of the molecule is CS(=O)(=O)N1CCN(c2ccccc2NC(=O)CN2C(=O)COc3ccccc32)CC1. The van der Waals surface area contributed by atoms with Gasteiger partial charge in [-0.1, -0.05) is 24.3 Å². The number of fused-ring (bicyclic) bond motifs is 1. The van der Waals surface area contributed by atoms with Crippen LogP contribution in [0.3, 0.4) is 0 Å². The minimum absolute atomic E-state index is 0.106. The smallest absolute Gasteiger partial charge is 0.265 e. The minimum atomic E-state index is -3.22. The van der Waals surface area contributed by atoms with Gasteiger partial charge >= 0.3 is 0 Å². The lowest BCUT2D eigenvalue weighted by Crippen LogP contribution is -2.48. The Bertz CT molecular complexity index is 1100. The van der Waals surface area contributed by atoms with Crippen molar-refractivity contribution in [3.8, 4) is 5.75 Å². The number of hydrogen-bond acceptors (Lipinski definition) is 6. The van der Waals surface area contributed by atoms with Gasteiger partial charge in [-0.25, -0.2) is 8.42 Å². The fourth-order valence-corrected chi connectivity index (χ4v) is 4.60. The Balaban J connectivity index is 1.46. The van der Waals surface area contributed by atoms with Crippen molar-refractivity contribution in [3.05, 3.63) is 48.5 Å². The van der Waals surface area contributed by atoms with Crippen molar-refractivity contribution in [1.29, 1.82) is 0 Å². The topological polar surface area (TPSA) is 99.3 Å². The van der Waals surface area contributed by atoms with Crippen LogP contribution in [0.2, 0.25) is 0 Å². The number of amides is 2. The minimum Gasteiger partial charge on any atom is -0.482 e. The molecular formula is C21H24N4O5S. The van der Waals surface area contributed by atoms with Gasteiger partial charge in [0, 0.05) is 26.2 Å². The average Bonchev–Trinajstić information content (AvgIpc) is 2.76. The molecule has 0 aliphatic carbocycles. The first-order valence-corrected chi connectivity index (χ1v) is 11.8. The number of para-hydroxylation sites is 4. The second-order valence-electron chi connectivity index (χ2n) is 7.45. The second kappa shape index (κ2) is 8.56. The fourth-order valence-electron chi connectivity index (χ4n) is 3.78. The zero-order valence-electron chi connectivity index (χ0n) is 17.2. The quantitative estimate of drug-likeness (QED) is 0.742. The summed E-state index contributed by atoms with van der Waals surface area (Å²) >= 11 is 0. The maximum atomic E-state index is 12.8. The Morgan fingerprint density at radius 1 is 1.00 bits per heavy atom. The third-order valence-corrected chi connectivity index (χ3v) is 6.64. The summed E-state index contributed by atoms with van der Waals surface area (Å²) < 4.78 is 30.4. The number of ether oxygens (including phenoxy) is 1. The van der Waals surface area contributed by atoms with Gasteiger partial charge in [0.25, 0.3) is 5.91 Å². The molecule has 10 heteroatoms. The number of carbonyl (C=O) groups excluding carboxylic acids is 2. The van der Waals surface area contributed by atoms with Crippen molar-refractivity contribution in [2.75, 3.05) is 60.7 Å². The first kappa shape index (κ1) is 21.1. The summed E-state index contributed by atoms with van der Waals surface area (Å²) in [6.45, 7) is 1.59. The maximum Gasteiger partial charge on any atom is 0.265 e. The Labute approximate surface area is 181 Å². The Morgan fingerprint density at radius 2 is 1.65 bits per heavy atom. The van der Waals surface area contributed by atoms with Gasteiger partial charge in [-0.05, 0) is 24.3 Å². The van der Waals surface area contributed by atoms with Gasteiger partial charge in [0.05, 0.1) is 23.3 Å². The van der Waals surface area contributed by atoms with Crippen molar-refractivity contribution in [3.63, 3.8) is 0 Å². The number of rotatable bonds is 5. The Kier molecular flexibility index (Phi) is 5.84. The normalized spacial score (nSPS) is 17.1. The van der Waals surface area contributed by atoms with E-state index < -0.39 is 10.0 Å². The van der Waals surface area contributed by atoms with E-state index in [0.717, 1.165) is 5.69 Å². The predicted octanol–water partition coefficient (Wildman–Crippen LogP) is 1.13. The van der Waals surface area contributed by atoms with Gasteiger partial charge in [0.2, 0.25) is 15.9 Å². The number of nitrogens with one attached hydrogen (secondary N) is 1. The number of benzene rings is 2. The molecule has 0 unspecified atom stereocenters. The summed E-state index contributed by atoms with van der Waals surface area (Å²) in [6, 6.07) is 14.5. The molecule has 2 aromatic carbocycles. The van der Waals surface area contributed by atoms with Crippen molar-refractivity contribution in [2.45, 2.75) is 0 Å². The van der Waals surface area contributed by atoms with Gasteiger partial charge in [-0.15, -0.1) is 0 Å². The molecule has 4 rings (SSSR count). The van der Waals surface area contributed by atoms with E-state index in [1.807, 2.05) is 29.2 Å². The number of sulfonamides is 1. The maximum absolute atomic E-state index is 12.8. The highest BCUT2D eigenvalue weighted by Gasteiger charge is 2.28. The lowest BCUT2D eigenvalue weighted by atomic mass is 10.2. The number of anilines is 3. The van der Waals surface area contributed by atoms with Crippen molar-refractivity contribution >= 4 is 38.9 Å². The molecule has 2 aliphatic rings. The molecule has 2 amide bonds. The standard InChI is InChI=1S/C21H24N4O5S/c1-31(28,29)24-12-10-23(11-13-24)17-7-3-2-6-16(17)22-20(26)14-25-18-8-4-5-9-19(18)30-15-21(25)27/h2-9H,10-15H2,1H3,(H,22,26). The Hall–Kier alpha value is -3.11. The third kappa shape index (κ3) is 4.64. The highest BCUT2D eigenvalue weighted by Crippen LogP contribution is 2.32. The molecule has 1 fully saturated rings. The van der Waals surface area contributed by atoms with Crippen LogP contribution in [0.15, 0.2) is 48.5 Å². The van der Waals surface area contributed by atoms with Crippen LogP contribution in [0.5, 0.6) is 5.75 Å². The summed E-state index contributed by atoms with van der Waals surface area (Å²) in [5.41, 5.74) is 2.01. The van der Waals surface area contributed by atoms with Crippen LogP contribution in [0.25, 0.3) is 0 Å². The molecule has 9 nitrogen and oxygen atoms in total. The van der Waals surface area contributed by atoms with E-state index in [2.05, 4.69) is 5.32 Å². The van der Waals surface area contributed by atoms with Gasteiger partial charge in [-0.2, -0.15) is 4.31 Å². The zero-order valence-corrected chi connectivity index (χ0v) is 18.0. The second-order valence-corrected chi connectivity index (χ2v) is 9.43. The largest absolute Gasteiger partial charge is 0.482 e. The summed E-state index contributed by atoms with van der Waals surface area (Å²) in [5.74, 6) is -0.0367. The fraction of sp³-hybridized carbons (Fsp3) is 0.333. The molecule has 0 bridgehead atoms. The van der Waals surface area contributed by atoms with Crippen LogP contribution >= 0.6 is 0 Å². The predicted molar refractivity (Wildman–Crippen MR) is 118 cm³/mol. The number of nitrogens with zero attached hydrogens (tertiary/aromatic N) is 3. The molecule has 0 radical (unpaired) electrons. The van der Waals surface area contributed by atoms with E-state index in [1.54, 1.807) is 24.3 Å². The van der Waals surface area contributed by atoms with Crippen LogP contribution < -0.4 is 19.9 Å². The molecular weight excluding hydrogens is 420 g/mol. The Morgan fingerprint density at radius 3 is 2.35 bits per heavy atom. The molecule has 1 saturated heterocycles. The van der Waals surface area contributed by atoms with Gasteiger partial charge in [-0.3, -0.25) is 14.5 Å². The van der Waals surface area contributed by atoms with Crippen LogP contribution in [0, 0.1) is 0 Å². The lowest BCUT2D eigenvalue weighted by Gasteiger charge is -2.35. The van der Waals surface area contributed by atoms with Crippen LogP contribution in [0.4, 0.5) is 17.1 Å². The summed E-state index contributed by atoms with van der Waals surface area (Å²) in [4.78, 5) is 28.6. The third-order valence-electron chi connectivity index (χ3n) is 5.34. The average molecular weight is 445 g/mol. The van der Waals surface area contributed by atoms with E-state index in [0.29, 0.717) is 43.3 Å². The van der Waals surface area contributed by atoms with Gasteiger partial charge < -0.3 is 15.0 Å². The van der Waals surface area contributed by atoms with Gasteiger partial charge in [0.1, 0.15) is 12.3 Å². The van der Waals surface area contributed by atoms with Gasteiger partial charge in [0.15, 0.2) is 6.61 Å². The van der Waals surface area contributed by atoms with Crippen LogP contribution in [-0.4, -0.2) is 70.1 Å². The monoisotopic (exact) mass is 444 g/mol. The molecule has 0 saturated carbocycles. The van der Waals surface area contributed by atoms with E-state index in [9.17, 15) is 18.0 Å². The molecule has 0 aromatic heterocycles. The summed E-state index contributed by atoms with van der Waals surface area (Å²) in [5, 5.41) is 2.90. The highest BCUT2D eigenvalue weighted by molar-refractivity contribution is 7.88. The van der Waals surface area contributed by atoms with E-state index in [-0.39, 0.29) is 25.0 Å². The van der Waals surface area contributed by atoms with E-state index in [4.69, 9.17) is 4.74 Å². The molecule has 2 heterocycles.